The van der Waals surface area contributed by atoms with Gasteiger partial charge in [-0.1, -0.05) is 6.92 Å². The van der Waals surface area contributed by atoms with Crippen LogP contribution in [0.4, 0.5) is 0 Å². The third-order valence-corrected chi connectivity index (χ3v) is 5.05. The van der Waals surface area contributed by atoms with Gasteiger partial charge in [0.1, 0.15) is 0 Å². The summed E-state index contributed by atoms with van der Waals surface area (Å²) in [7, 11) is 0. The summed E-state index contributed by atoms with van der Waals surface area (Å²) < 4.78 is 0.977. The summed E-state index contributed by atoms with van der Waals surface area (Å²) in [5.41, 5.74) is 0.539. The molecule has 4 heteroatoms. The molecule has 1 aromatic heterocycles. The molecule has 0 radical (unpaired) electrons. The maximum atomic E-state index is 10.6. The molecule has 2 rings (SSSR count). The molecule has 88 valence electrons. The minimum Gasteiger partial charge on any atom is -0.388 e. The van der Waals surface area contributed by atoms with Crippen molar-refractivity contribution in [3.63, 3.8) is 0 Å². The van der Waals surface area contributed by atoms with Gasteiger partial charge in [-0.15, -0.1) is 0 Å². The zero-order valence-electron chi connectivity index (χ0n) is 9.32. The van der Waals surface area contributed by atoms with E-state index in [0.29, 0.717) is 11.7 Å². The monoisotopic (exact) mass is 301 g/mol. The molecule has 2 nitrogen and oxygen atoms in total. The van der Waals surface area contributed by atoms with Crippen molar-refractivity contribution in [1.82, 2.24) is 4.98 Å². The van der Waals surface area contributed by atoms with E-state index in [1.165, 1.54) is 5.75 Å². The molecular formula is C12H16BrNOS. The molecule has 0 saturated carbocycles. The topological polar surface area (TPSA) is 33.1 Å². The number of thioether (sulfide) groups is 1. The van der Waals surface area contributed by atoms with Crippen LogP contribution in [-0.4, -0.2) is 26.7 Å². The van der Waals surface area contributed by atoms with Crippen LogP contribution in [0.5, 0.6) is 0 Å². The third-order valence-electron chi connectivity index (χ3n) is 3.15. The zero-order chi connectivity index (χ0) is 11.6. The van der Waals surface area contributed by atoms with Gasteiger partial charge in [0.05, 0.1) is 5.60 Å². The van der Waals surface area contributed by atoms with Crippen molar-refractivity contribution in [1.29, 1.82) is 0 Å². The van der Waals surface area contributed by atoms with E-state index < -0.39 is 5.60 Å². The molecule has 0 spiro atoms. The van der Waals surface area contributed by atoms with Crippen molar-refractivity contribution in [3.05, 3.63) is 28.5 Å². The second-order valence-electron chi connectivity index (χ2n) is 4.41. The number of aromatic nitrogens is 1. The lowest BCUT2D eigenvalue weighted by Gasteiger charge is -2.37. The summed E-state index contributed by atoms with van der Waals surface area (Å²) in [6.45, 7) is 2.12. The molecule has 0 amide bonds. The maximum Gasteiger partial charge on any atom is 0.0804 e. The van der Waals surface area contributed by atoms with Crippen molar-refractivity contribution >= 4 is 27.7 Å². The van der Waals surface area contributed by atoms with Gasteiger partial charge in [0.15, 0.2) is 0 Å². The SMILES string of the molecule is CC1SCCCC1(O)Cc1cncc(Br)c1. The Bertz CT molecular complexity index is 374. The van der Waals surface area contributed by atoms with Crippen LogP contribution in [0, 0.1) is 0 Å². The smallest absolute Gasteiger partial charge is 0.0804 e. The van der Waals surface area contributed by atoms with Crippen molar-refractivity contribution in [3.8, 4) is 0 Å². The van der Waals surface area contributed by atoms with Gasteiger partial charge in [0, 0.05) is 28.5 Å². The Hall–Kier alpha value is -0.0600. The predicted molar refractivity (Wildman–Crippen MR) is 71.7 cm³/mol. The minimum atomic E-state index is -0.564. The minimum absolute atomic E-state index is 0.306. The highest BCUT2D eigenvalue weighted by atomic mass is 79.9. The van der Waals surface area contributed by atoms with Crippen LogP contribution in [0.25, 0.3) is 0 Å². The van der Waals surface area contributed by atoms with Crippen LogP contribution >= 0.6 is 27.7 Å². The van der Waals surface area contributed by atoms with Crippen LogP contribution in [0.1, 0.15) is 25.3 Å². The molecule has 1 saturated heterocycles. The fourth-order valence-corrected chi connectivity index (χ4v) is 3.72. The van der Waals surface area contributed by atoms with E-state index in [1.54, 1.807) is 6.20 Å². The molecule has 16 heavy (non-hydrogen) atoms. The van der Waals surface area contributed by atoms with Gasteiger partial charge in [0.25, 0.3) is 0 Å². The van der Waals surface area contributed by atoms with Crippen LogP contribution in [0.2, 0.25) is 0 Å². The van der Waals surface area contributed by atoms with E-state index in [0.717, 1.165) is 22.9 Å². The molecule has 2 heterocycles. The largest absolute Gasteiger partial charge is 0.388 e. The second-order valence-corrected chi connectivity index (χ2v) is 6.77. The number of nitrogens with zero attached hydrogens (tertiary/aromatic N) is 1. The van der Waals surface area contributed by atoms with Gasteiger partial charge < -0.3 is 5.11 Å². The first-order valence-electron chi connectivity index (χ1n) is 5.53. The second kappa shape index (κ2) is 5.07. The van der Waals surface area contributed by atoms with E-state index in [1.807, 2.05) is 24.0 Å². The number of hydrogen-bond acceptors (Lipinski definition) is 3. The van der Waals surface area contributed by atoms with Crippen molar-refractivity contribution in [2.75, 3.05) is 5.75 Å². The summed E-state index contributed by atoms with van der Waals surface area (Å²) >= 11 is 5.28. The molecule has 2 atom stereocenters. The average molecular weight is 302 g/mol. The first-order valence-corrected chi connectivity index (χ1v) is 7.38. The maximum absolute atomic E-state index is 10.6. The number of rotatable bonds is 2. The molecule has 1 aliphatic rings. The molecule has 0 aliphatic carbocycles. The number of pyridine rings is 1. The fourth-order valence-electron chi connectivity index (χ4n) is 2.13. The lowest BCUT2D eigenvalue weighted by atomic mass is 9.87. The highest BCUT2D eigenvalue weighted by molar-refractivity contribution is 9.10. The van der Waals surface area contributed by atoms with Gasteiger partial charge in [-0.05, 0) is 46.2 Å². The first-order chi connectivity index (χ1) is 7.60. The average Bonchev–Trinajstić information content (AvgIpc) is 2.23. The molecule has 1 fully saturated rings. The molecule has 0 bridgehead atoms. The molecule has 2 unspecified atom stereocenters. The zero-order valence-corrected chi connectivity index (χ0v) is 11.7. The predicted octanol–water partition coefficient (Wildman–Crippen LogP) is 3.03. The lowest BCUT2D eigenvalue weighted by molar-refractivity contribution is 0.0297. The standard InChI is InChI=1S/C12H16BrNOS/c1-9-12(15,3-2-4-16-9)6-10-5-11(13)8-14-7-10/h5,7-9,15H,2-4,6H2,1H3. The first kappa shape index (κ1) is 12.4. The summed E-state index contributed by atoms with van der Waals surface area (Å²) in [6, 6.07) is 2.04. The van der Waals surface area contributed by atoms with E-state index in [4.69, 9.17) is 0 Å². The lowest BCUT2D eigenvalue weighted by Crippen LogP contribution is -2.43. The van der Waals surface area contributed by atoms with E-state index in [9.17, 15) is 5.11 Å². The Morgan fingerprint density at radius 2 is 2.44 bits per heavy atom. The quantitative estimate of drug-likeness (QED) is 0.911. The van der Waals surface area contributed by atoms with Crippen molar-refractivity contribution in [2.45, 2.75) is 37.0 Å². The Morgan fingerprint density at radius 3 is 3.12 bits per heavy atom. The van der Waals surface area contributed by atoms with Gasteiger partial charge in [-0.3, -0.25) is 4.98 Å². The Labute approximate surface area is 109 Å². The van der Waals surface area contributed by atoms with Crippen molar-refractivity contribution < 1.29 is 5.11 Å². The van der Waals surface area contributed by atoms with Gasteiger partial charge in [0.2, 0.25) is 0 Å². The van der Waals surface area contributed by atoms with Crippen molar-refractivity contribution in [2.24, 2.45) is 0 Å². The molecule has 0 aromatic carbocycles. The fraction of sp³-hybridized carbons (Fsp3) is 0.583. The number of halogens is 1. The summed E-state index contributed by atoms with van der Waals surface area (Å²) in [5.74, 6) is 1.17. The van der Waals surface area contributed by atoms with E-state index in [-0.39, 0.29) is 0 Å². The van der Waals surface area contributed by atoms with E-state index in [2.05, 4.69) is 27.8 Å². The highest BCUT2D eigenvalue weighted by Gasteiger charge is 2.36. The Balaban J connectivity index is 2.13. The van der Waals surface area contributed by atoms with Crippen LogP contribution in [-0.2, 0) is 6.42 Å². The molecule has 1 aliphatic heterocycles. The summed E-state index contributed by atoms with van der Waals surface area (Å²) in [6.07, 6.45) is 6.32. The van der Waals surface area contributed by atoms with Gasteiger partial charge >= 0.3 is 0 Å². The molecular weight excluding hydrogens is 286 g/mol. The van der Waals surface area contributed by atoms with Gasteiger partial charge in [-0.25, -0.2) is 0 Å². The normalized spacial score (nSPS) is 30.3. The number of hydrogen-bond donors (Lipinski definition) is 1. The van der Waals surface area contributed by atoms with Crippen LogP contribution in [0.3, 0.4) is 0 Å². The van der Waals surface area contributed by atoms with Crippen LogP contribution in [0.15, 0.2) is 22.9 Å². The third kappa shape index (κ3) is 2.79. The summed E-state index contributed by atoms with van der Waals surface area (Å²) in [4.78, 5) is 4.14. The van der Waals surface area contributed by atoms with E-state index >= 15 is 0 Å². The summed E-state index contributed by atoms with van der Waals surface area (Å²) in [5, 5.41) is 10.9. The highest BCUT2D eigenvalue weighted by Crippen LogP contribution is 2.36. The Morgan fingerprint density at radius 1 is 1.62 bits per heavy atom. The van der Waals surface area contributed by atoms with Crippen LogP contribution < -0.4 is 0 Å². The Kier molecular flexibility index (Phi) is 3.93. The number of aliphatic hydroxyl groups is 1. The van der Waals surface area contributed by atoms with Gasteiger partial charge in [-0.2, -0.15) is 11.8 Å². The molecule has 1 N–H and O–H groups in total. The molecule has 1 aromatic rings.